The third kappa shape index (κ3) is 4.36. The number of halogens is 2. The van der Waals surface area contributed by atoms with Gasteiger partial charge in [0.05, 0.1) is 12.2 Å². The Bertz CT molecular complexity index is 642. The number of nitrogens with one attached hydrogen (secondary N) is 1. The van der Waals surface area contributed by atoms with Crippen LogP contribution in [0.25, 0.3) is 0 Å². The lowest BCUT2D eigenvalue weighted by Gasteiger charge is -2.07. The summed E-state index contributed by atoms with van der Waals surface area (Å²) in [6, 6.07) is 10.4. The second-order valence-electron chi connectivity index (χ2n) is 4.76. The third-order valence-electron chi connectivity index (χ3n) is 3.12. The Morgan fingerprint density at radius 1 is 1.09 bits per heavy atom. The predicted molar refractivity (Wildman–Crippen MR) is 79.3 cm³/mol. The molecule has 0 aliphatic rings. The van der Waals surface area contributed by atoms with Crippen LogP contribution in [0.15, 0.2) is 42.5 Å². The average molecular weight is 305 g/mol. The highest BCUT2D eigenvalue weighted by atomic mass is 19.1. The highest BCUT2D eigenvalue weighted by Crippen LogP contribution is 2.10. The van der Waals surface area contributed by atoms with Crippen molar-refractivity contribution in [1.29, 1.82) is 0 Å². The van der Waals surface area contributed by atoms with Crippen molar-refractivity contribution in [3.8, 4) is 0 Å². The van der Waals surface area contributed by atoms with Gasteiger partial charge in [0.15, 0.2) is 0 Å². The standard InChI is InChI=1S/C17H17F2NO2/c1-2-22-11-13-5-3-12(4-6-13)10-20-17(21)15-8-7-14(18)9-16(15)19/h3-9H,2,10-11H2,1H3,(H,20,21). The monoisotopic (exact) mass is 305 g/mol. The quantitative estimate of drug-likeness (QED) is 0.888. The minimum absolute atomic E-state index is 0.172. The van der Waals surface area contributed by atoms with Crippen LogP contribution in [0, 0.1) is 11.6 Å². The number of benzene rings is 2. The smallest absolute Gasteiger partial charge is 0.254 e. The van der Waals surface area contributed by atoms with E-state index in [4.69, 9.17) is 4.74 Å². The molecular formula is C17H17F2NO2. The maximum Gasteiger partial charge on any atom is 0.254 e. The van der Waals surface area contributed by atoms with E-state index in [1.165, 1.54) is 0 Å². The van der Waals surface area contributed by atoms with Crippen molar-refractivity contribution in [1.82, 2.24) is 5.32 Å². The predicted octanol–water partition coefficient (Wildman–Crippen LogP) is 3.43. The Hall–Kier alpha value is -2.27. The summed E-state index contributed by atoms with van der Waals surface area (Å²) in [5.74, 6) is -2.15. The van der Waals surface area contributed by atoms with E-state index in [0.29, 0.717) is 19.3 Å². The Balaban J connectivity index is 1.93. The van der Waals surface area contributed by atoms with E-state index in [1.807, 2.05) is 31.2 Å². The molecule has 5 heteroatoms. The van der Waals surface area contributed by atoms with Crippen LogP contribution in [0.3, 0.4) is 0 Å². The third-order valence-corrected chi connectivity index (χ3v) is 3.12. The molecule has 2 rings (SSSR count). The summed E-state index contributed by atoms with van der Waals surface area (Å²) in [6.07, 6.45) is 0. The molecule has 0 fully saturated rings. The van der Waals surface area contributed by atoms with Crippen molar-refractivity contribution < 1.29 is 18.3 Å². The van der Waals surface area contributed by atoms with Crippen LogP contribution < -0.4 is 5.32 Å². The van der Waals surface area contributed by atoms with Crippen molar-refractivity contribution in [3.05, 3.63) is 70.8 Å². The van der Waals surface area contributed by atoms with Gasteiger partial charge in [-0.1, -0.05) is 24.3 Å². The van der Waals surface area contributed by atoms with Crippen molar-refractivity contribution in [2.24, 2.45) is 0 Å². The summed E-state index contributed by atoms with van der Waals surface area (Å²) in [5, 5.41) is 2.61. The molecule has 3 nitrogen and oxygen atoms in total. The van der Waals surface area contributed by atoms with Gasteiger partial charge in [-0.25, -0.2) is 8.78 Å². The van der Waals surface area contributed by atoms with Crippen molar-refractivity contribution in [3.63, 3.8) is 0 Å². The van der Waals surface area contributed by atoms with E-state index in [0.717, 1.165) is 23.3 Å². The molecule has 0 radical (unpaired) electrons. The van der Waals surface area contributed by atoms with Gasteiger partial charge < -0.3 is 10.1 Å². The molecule has 116 valence electrons. The Morgan fingerprint density at radius 3 is 2.41 bits per heavy atom. The molecule has 0 aliphatic carbocycles. The fourth-order valence-corrected chi connectivity index (χ4v) is 1.92. The van der Waals surface area contributed by atoms with Gasteiger partial charge in [0.1, 0.15) is 11.6 Å². The largest absolute Gasteiger partial charge is 0.377 e. The Kier molecular flexibility index (Phi) is 5.61. The SMILES string of the molecule is CCOCc1ccc(CNC(=O)c2ccc(F)cc2F)cc1. The van der Waals surface area contributed by atoms with Crippen LogP contribution in [0.4, 0.5) is 8.78 Å². The number of carbonyl (C=O) groups excluding carboxylic acids is 1. The zero-order valence-corrected chi connectivity index (χ0v) is 12.2. The van der Waals surface area contributed by atoms with Crippen molar-refractivity contribution in [2.75, 3.05) is 6.61 Å². The summed E-state index contributed by atoms with van der Waals surface area (Å²) in [6.45, 7) is 3.40. The normalized spacial score (nSPS) is 10.5. The maximum absolute atomic E-state index is 13.5. The molecule has 0 bridgehead atoms. The van der Waals surface area contributed by atoms with Gasteiger partial charge in [-0.15, -0.1) is 0 Å². The first-order valence-corrected chi connectivity index (χ1v) is 6.99. The number of ether oxygens (including phenoxy) is 1. The second kappa shape index (κ2) is 7.66. The highest BCUT2D eigenvalue weighted by Gasteiger charge is 2.11. The molecule has 0 saturated carbocycles. The highest BCUT2D eigenvalue weighted by molar-refractivity contribution is 5.94. The molecule has 1 N–H and O–H groups in total. The minimum Gasteiger partial charge on any atom is -0.377 e. The van der Waals surface area contributed by atoms with E-state index < -0.39 is 17.5 Å². The molecule has 0 aromatic heterocycles. The molecule has 0 heterocycles. The topological polar surface area (TPSA) is 38.3 Å². The van der Waals surface area contributed by atoms with Crippen LogP contribution in [-0.4, -0.2) is 12.5 Å². The van der Waals surface area contributed by atoms with Gasteiger partial charge in [0.2, 0.25) is 0 Å². The summed E-state index contributed by atoms with van der Waals surface area (Å²) < 4.78 is 31.6. The van der Waals surface area contributed by atoms with Crippen LogP contribution in [0.5, 0.6) is 0 Å². The average Bonchev–Trinajstić information content (AvgIpc) is 2.51. The molecule has 0 spiro atoms. The summed E-state index contributed by atoms with van der Waals surface area (Å²) in [7, 11) is 0. The van der Waals surface area contributed by atoms with Crippen LogP contribution in [0.2, 0.25) is 0 Å². The van der Waals surface area contributed by atoms with Crippen molar-refractivity contribution >= 4 is 5.91 Å². The molecule has 0 aliphatic heterocycles. The van der Waals surface area contributed by atoms with Gasteiger partial charge in [-0.3, -0.25) is 4.79 Å². The lowest BCUT2D eigenvalue weighted by Crippen LogP contribution is -2.23. The summed E-state index contributed by atoms with van der Waals surface area (Å²) >= 11 is 0. The molecule has 0 saturated heterocycles. The zero-order chi connectivity index (χ0) is 15.9. The second-order valence-corrected chi connectivity index (χ2v) is 4.76. The maximum atomic E-state index is 13.5. The minimum atomic E-state index is -0.871. The van der Waals surface area contributed by atoms with Gasteiger partial charge in [0, 0.05) is 19.2 Å². The van der Waals surface area contributed by atoms with Gasteiger partial charge in [0.25, 0.3) is 5.91 Å². The lowest BCUT2D eigenvalue weighted by atomic mass is 10.1. The van der Waals surface area contributed by atoms with Gasteiger partial charge >= 0.3 is 0 Å². The van der Waals surface area contributed by atoms with Crippen LogP contribution >= 0.6 is 0 Å². The Labute approximate surface area is 127 Å². The molecule has 22 heavy (non-hydrogen) atoms. The summed E-state index contributed by atoms with van der Waals surface area (Å²) in [4.78, 5) is 11.9. The molecule has 0 atom stereocenters. The van der Waals surface area contributed by atoms with E-state index in [9.17, 15) is 13.6 Å². The molecule has 0 unspecified atom stereocenters. The van der Waals surface area contributed by atoms with E-state index in [2.05, 4.69) is 5.32 Å². The van der Waals surface area contributed by atoms with Crippen molar-refractivity contribution in [2.45, 2.75) is 20.1 Å². The number of hydrogen-bond acceptors (Lipinski definition) is 2. The summed E-state index contributed by atoms with van der Waals surface area (Å²) in [5.41, 5.74) is 1.76. The van der Waals surface area contributed by atoms with E-state index in [-0.39, 0.29) is 12.1 Å². The fraction of sp³-hybridized carbons (Fsp3) is 0.235. The Morgan fingerprint density at radius 2 is 1.77 bits per heavy atom. The van der Waals surface area contributed by atoms with E-state index in [1.54, 1.807) is 0 Å². The number of rotatable bonds is 6. The molecule has 2 aromatic carbocycles. The molecular weight excluding hydrogens is 288 g/mol. The molecule has 1 amide bonds. The fourth-order valence-electron chi connectivity index (χ4n) is 1.92. The van der Waals surface area contributed by atoms with Gasteiger partial charge in [-0.05, 0) is 30.2 Å². The first kappa shape index (κ1) is 16.1. The number of carbonyl (C=O) groups is 1. The van der Waals surface area contributed by atoms with E-state index >= 15 is 0 Å². The van der Waals surface area contributed by atoms with Crippen LogP contribution in [-0.2, 0) is 17.9 Å². The first-order chi connectivity index (χ1) is 10.6. The first-order valence-electron chi connectivity index (χ1n) is 6.99. The molecule has 2 aromatic rings. The zero-order valence-electron chi connectivity index (χ0n) is 12.2. The van der Waals surface area contributed by atoms with Gasteiger partial charge in [-0.2, -0.15) is 0 Å². The number of amides is 1. The van der Waals surface area contributed by atoms with Crippen LogP contribution in [0.1, 0.15) is 28.4 Å². The number of hydrogen-bond donors (Lipinski definition) is 1. The lowest BCUT2D eigenvalue weighted by molar-refractivity contribution is 0.0946.